The van der Waals surface area contributed by atoms with Crippen molar-refractivity contribution in [3.63, 3.8) is 0 Å². The van der Waals surface area contributed by atoms with Gasteiger partial charge in [0.1, 0.15) is 12.1 Å². The van der Waals surface area contributed by atoms with Gasteiger partial charge in [0.05, 0.1) is 10.2 Å². The molecule has 1 unspecified atom stereocenters. The number of aryl methyl sites for hydroxylation is 1. The first-order valence-corrected chi connectivity index (χ1v) is 8.90. The third-order valence-electron chi connectivity index (χ3n) is 4.63. The number of piperidine rings is 1. The highest BCUT2D eigenvalue weighted by Crippen LogP contribution is 2.34. The molecule has 0 aromatic carbocycles. The molecule has 2 aliphatic rings. The Morgan fingerprint density at radius 2 is 2.19 bits per heavy atom. The van der Waals surface area contributed by atoms with E-state index in [1.54, 1.807) is 17.7 Å². The number of fused-ring (bicyclic) bond motifs is 1. The molecule has 1 N–H and O–H groups in total. The van der Waals surface area contributed by atoms with Gasteiger partial charge in [0.2, 0.25) is 0 Å². The maximum atomic E-state index is 4.63. The molecule has 0 bridgehead atoms. The molecule has 1 saturated carbocycles. The minimum atomic E-state index is 0.583. The van der Waals surface area contributed by atoms with Gasteiger partial charge in [-0.3, -0.25) is 0 Å². The Kier molecular flexibility index (Phi) is 3.55. The summed E-state index contributed by atoms with van der Waals surface area (Å²) in [4.78, 5) is 11.6. The van der Waals surface area contributed by atoms with Gasteiger partial charge < -0.3 is 10.2 Å². The zero-order chi connectivity index (χ0) is 14.2. The van der Waals surface area contributed by atoms with E-state index in [-0.39, 0.29) is 0 Å². The second kappa shape index (κ2) is 5.54. The Hall–Kier alpha value is -1.20. The fraction of sp³-hybridized carbons (Fsp3) is 0.625. The molecule has 2 fully saturated rings. The standard InChI is InChI=1S/C16H22N4S/c1-11-9-21-15-14(11)18-10-19-16(15)20-7-3-2-4-13(20)8-17-12-5-6-12/h9-10,12-13,17H,2-8H2,1H3. The van der Waals surface area contributed by atoms with Crippen molar-refractivity contribution in [3.8, 4) is 0 Å². The van der Waals surface area contributed by atoms with E-state index in [4.69, 9.17) is 0 Å². The van der Waals surface area contributed by atoms with E-state index >= 15 is 0 Å². The Labute approximate surface area is 129 Å². The van der Waals surface area contributed by atoms with Gasteiger partial charge in [-0.25, -0.2) is 9.97 Å². The van der Waals surface area contributed by atoms with Gasteiger partial charge in [-0.1, -0.05) is 0 Å². The normalized spacial score (nSPS) is 22.9. The van der Waals surface area contributed by atoms with Crippen LogP contribution >= 0.6 is 11.3 Å². The Bertz CT molecular complexity index is 634. The van der Waals surface area contributed by atoms with E-state index in [9.17, 15) is 0 Å². The average Bonchev–Trinajstić information content (AvgIpc) is 3.28. The van der Waals surface area contributed by atoms with Gasteiger partial charge in [-0.15, -0.1) is 11.3 Å². The SMILES string of the molecule is Cc1csc2c(N3CCCCC3CNC3CC3)ncnc12. The summed E-state index contributed by atoms with van der Waals surface area (Å²) in [6, 6.07) is 1.36. The molecule has 4 rings (SSSR count). The summed E-state index contributed by atoms with van der Waals surface area (Å²) < 4.78 is 1.26. The van der Waals surface area contributed by atoms with Crippen LogP contribution in [0.15, 0.2) is 11.7 Å². The van der Waals surface area contributed by atoms with Crippen molar-refractivity contribution in [2.75, 3.05) is 18.0 Å². The third-order valence-corrected chi connectivity index (χ3v) is 5.71. The summed E-state index contributed by atoms with van der Waals surface area (Å²) in [6.07, 6.45) is 8.33. The van der Waals surface area contributed by atoms with Gasteiger partial charge in [-0.2, -0.15) is 0 Å². The van der Waals surface area contributed by atoms with E-state index in [0.29, 0.717) is 6.04 Å². The van der Waals surface area contributed by atoms with Crippen LogP contribution in [-0.2, 0) is 0 Å². The van der Waals surface area contributed by atoms with E-state index in [0.717, 1.165) is 30.5 Å². The van der Waals surface area contributed by atoms with Gasteiger partial charge in [0.25, 0.3) is 0 Å². The van der Waals surface area contributed by atoms with Crippen LogP contribution in [0.25, 0.3) is 10.2 Å². The molecule has 2 aromatic rings. The van der Waals surface area contributed by atoms with Crippen LogP contribution in [0.2, 0.25) is 0 Å². The van der Waals surface area contributed by atoms with Crippen molar-refractivity contribution >= 4 is 27.4 Å². The number of hydrogen-bond donors (Lipinski definition) is 1. The van der Waals surface area contributed by atoms with Crippen molar-refractivity contribution in [1.82, 2.24) is 15.3 Å². The molecule has 1 atom stereocenters. The van der Waals surface area contributed by atoms with E-state index < -0.39 is 0 Å². The molecule has 2 aromatic heterocycles. The Morgan fingerprint density at radius 1 is 1.29 bits per heavy atom. The van der Waals surface area contributed by atoms with E-state index in [2.05, 4.69) is 32.5 Å². The van der Waals surface area contributed by atoms with Crippen LogP contribution in [0.3, 0.4) is 0 Å². The van der Waals surface area contributed by atoms with Gasteiger partial charge in [0, 0.05) is 25.2 Å². The molecular formula is C16H22N4S. The smallest absolute Gasteiger partial charge is 0.150 e. The lowest BCUT2D eigenvalue weighted by atomic mass is 10.0. The highest BCUT2D eigenvalue weighted by atomic mass is 32.1. The summed E-state index contributed by atoms with van der Waals surface area (Å²) in [5.74, 6) is 1.15. The molecule has 1 saturated heterocycles. The van der Waals surface area contributed by atoms with Crippen LogP contribution in [-0.4, -0.2) is 35.1 Å². The summed E-state index contributed by atoms with van der Waals surface area (Å²) in [5, 5.41) is 5.90. The van der Waals surface area contributed by atoms with Crippen molar-refractivity contribution in [2.45, 2.75) is 51.1 Å². The average molecular weight is 302 g/mol. The number of anilines is 1. The van der Waals surface area contributed by atoms with Crippen LogP contribution in [0.4, 0.5) is 5.82 Å². The zero-order valence-corrected chi connectivity index (χ0v) is 13.3. The van der Waals surface area contributed by atoms with Gasteiger partial charge in [0.15, 0.2) is 0 Å². The molecule has 1 aliphatic carbocycles. The first-order valence-electron chi connectivity index (χ1n) is 8.02. The van der Waals surface area contributed by atoms with Crippen molar-refractivity contribution in [1.29, 1.82) is 0 Å². The number of aromatic nitrogens is 2. The number of hydrogen-bond acceptors (Lipinski definition) is 5. The quantitative estimate of drug-likeness (QED) is 0.942. The topological polar surface area (TPSA) is 41.0 Å². The maximum Gasteiger partial charge on any atom is 0.150 e. The lowest BCUT2D eigenvalue weighted by molar-refractivity contribution is 0.432. The predicted molar refractivity (Wildman–Crippen MR) is 88.2 cm³/mol. The number of nitrogens with one attached hydrogen (secondary N) is 1. The minimum Gasteiger partial charge on any atom is -0.351 e. The second-order valence-electron chi connectivity index (χ2n) is 6.32. The molecule has 1 aliphatic heterocycles. The number of nitrogens with zero attached hydrogens (tertiary/aromatic N) is 3. The number of thiophene rings is 1. The zero-order valence-electron chi connectivity index (χ0n) is 12.5. The van der Waals surface area contributed by atoms with Crippen molar-refractivity contribution in [3.05, 3.63) is 17.3 Å². The second-order valence-corrected chi connectivity index (χ2v) is 7.20. The first-order chi connectivity index (χ1) is 10.3. The van der Waals surface area contributed by atoms with Crippen molar-refractivity contribution in [2.24, 2.45) is 0 Å². The van der Waals surface area contributed by atoms with Crippen LogP contribution in [0.1, 0.15) is 37.7 Å². The molecule has 112 valence electrons. The third kappa shape index (κ3) is 2.64. The molecule has 21 heavy (non-hydrogen) atoms. The minimum absolute atomic E-state index is 0.583. The van der Waals surface area contributed by atoms with Crippen LogP contribution in [0, 0.1) is 6.92 Å². The Morgan fingerprint density at radius 3 is 3.05 bits per heavy atom. The van der Waals surface area contributed by atoms with E-state index in [1.165, 1.54) is 42.4 Å². The molecule has 5 heteroatoms. The Balaban J connectivity index is 1.63. The molecule has 0 radical (unpaired) electrons. The summed E-state index contributed by atoms with van der Waals surface area (Å²) in [7, 11) is 0. The van der Waals surface area contributed by atoms with Gasteiger partial charge >= 0.3 is 0 Å². The molecular weight excluding hydrogens is 280 g/mol. The largest absolute Gasteiger partial charge is 0.351 e. The molecule has 3 heterocycles. The lowest BCUT2D eigenvalue weighted by Crippen LogP contribution is -2.46. The lowest BCUT2D eigenvalue weighted by Gasteiger charge is -2.37. The summed E-state index contributed by atoms with van der Waals surface area (Å²) in [5.41, 5.74) is 2.40. The highest BCUT2D eigenvalue weighted by molar-refractivity contribution is 7.18. The highest BCUT2D eigenvalue weighted by Gasteiger charge is 2.28. The van der Waals surface area contributed by atoms with Gasteiger partial charge in [-0.05, 0) is 50.0 Å². The summed E-state index contributed by atoms with van der Waals surface area (Å²) >= 11 is 1.79. The molecule has 0 amide bonds. The first kappa shape index (κ1) is 13.5. The summed E-state index contributed by atoms with van der Waals surface area (Å²) in [6.45, 7) is 4.36. The van der Waals surface area contributed by atoms with Crippen molar-refractivity contribution < 1.29 is 0 Å². The fourth-order valence-electron chi connectivity index (χ4n) is 3.24. The monoisotopic (exact) mass is 302 g/mol. The fourth-order valence-corrected chi connectivity index (χ4v) is 4.25. The van der Waals surface area contributed by atoms with Crippen LogP contribution in [0.5, 0.6) is 0 Å². The number of rotatable bonds is 4. The van der Waals surface area contributed by atoms with Crippen LogP contribution < -0.4 is 10.2 Å². The molecule has 0 spiro atoms. The van der Waals surface area contributed by atoms with E-state index in [1.807, 2.05) is 0 Å². The maximum absolute atomic E-state index is 4.63. The molecule has 4 nitrogen and oxygen atoms in total. The predicted octanol–water partition coefficient (Wildman–Crippen LogP) is 3.11.